The summed E-state index contributed by atoms with van der Waals surface area (Å²) in [6, 6.07) is 33.9. The van der Waals surface area contributed by atoms with Crippen LogP contribution < -0.4 is 14.4 Å². The van der Waals surface area contributed by atoms with E-state index in [1.807, 2.05) is 59.2 Å². The van der Waals surface area contributed by atoms with Crippen LogP contribution in [-0.2, 0) is 17.7 Å². The van der Waals surface area contributed by atoms with Gasteiger partial charge in [0.25, 0.3) is 0 Å². The number of rotatable bonds is 10. The molecular formula is C39H34Cl2N2O5. The van der Waals surface area contributed by atoms with E-state index >= 15 is 0 Å². The zero-order valence-electron chi connectivity index (χ0n) is 26.2. The standard InChI is InChI=1S/C39H34Cl2N2O5/c40-33-16-7-17-34(41)32(33)25-43-37-29(28-12-3-4-18-35(28)42-20-23-46-24-21-42)13-6-14-30(37)31(38(43)48-39(44)45)15-8-22-47-36-19-5-10-26-9-1-2-11-27(26)36/h1-7,9-14,16-19H,8,15,20-25H2,(H,44,45). The number of hydrogen-bond acceptors (Lipinski definition) is 5. The minimum absolute atomic E-state index is 0.209. The number of aryl methyl sites for hydroxylation is 1. The number of aromatic nitrogens is 1. The van der Waals surface area contributed by atoms with Crippen LogP contribution in [0.25, 0.3) is 32.8 Å². The Bertz CT molecular complexity index is 2080. The second-order valence-electron chi connectivity index (χ2n) is 11.7. The number of benzene rings is 5. The molecule has 0 atom stereocenters. The van der Waals surface area contributed by atoms with Gasteiger partial charge in [0.1, 0.15) is 5.75 Å². The van der Waals surface area contributed by atoms with Crippen LogP contribution in [0.15, 0.2) is 103 Å². The summed E-state index contributed by atoms with van der Waals surface area (Å²) in [5.74, 6) is 1.06. The maximum absolute atomic E-state index is 12.3. The van der Waals surface area contributed by atoms with Gasteiger partial charge in [-0.1, -0.05) is 102 Å². The summed E-state index contributed by atoms with van der Waals surface area (Å²) in [7, 11) is 0. The number of fused-ring (bicyclic) bond motifs is 2. The molecule has 0 unspecified atom stereocenters. The molecule has 1 saturated heterocycles. The number of nitrogens with zero attached hydrogens (tertiary/aromatic N) is 2. The van der Waals surface area contributed by atoms with E-state index in [-0.39, 0.29) is 12.4 Å². The number of anilines is 1. The summed E-state index contributed by atoms with van der Waals surface area (Å²) in [4.78, 5) is 14.6. The second-order valence-corrected chi connectivity index (χ2v) is 12.5. The highest BCUT2D eigenvalue weighted by Gasteiger charge is 2.26. The smallest absolute Gasteiger partial charge is 0.493 e. The lowest BCUT2D eigenvalue weighted by atomic mass is 9.98. The van der Waals surface area contributed by atoms with Crippen molar-refractivity contribution in [3.63, 3.8) is 0 Å². The van der Waals surface area contributed by atoms with Gasteiger partial charge in [0, 0.05) is 61.8 Å². The molecule has 1 aliphatic heterocycles. The van der Waals surface area contributed by atoms with E-state index in [9.17, 15) is 9.90 Å². The molecule has 48 heavy (non-hydrogen) atoms. The van der Waals surface area contributed by atoms with E-state index in [0.717, 1.165) is 62.9 Å². The van der Waals surface area contributed by atoms with E-state index in [0.29, 0.717) is 48.3 Å². The predicted molar refractivity (Wildman–Crippen MR) is 192 cm³/mol. The topological polar surface area (TPSA) is 73.2 Å². The molecule has 0 radical (unpaired) electrons. The summed E-state index contributed by atoms with van der Waals surface area (Å²) < 4.78 is 19.5. The maximum atomic E-state index is 12.3. The van der Waals surface area contributed by atoms with Crippen molar-refractivity contribution >= 4 is 56.7 Å². The van der Waals surface area contributed by atoms with Gasteiger partial charge in [-0.25, -0.2) is 4.79 Å². The van der Waals surface area contributed by atoms with Crippen molar-refractivity contribution in [3.8, 4) is 22.8 Å². The Labute approximate surface area is 288 Å². The van der Waals surface area contributed by atoms with E-state index in [2.05, 4.69) is 35.2 Å². The van der Waals surface area contributed by atoms with Crippen molar-refractivity contribution < 1.29 is 24.1 Å². The van der Waals surface area contributed by atoms with Crippen molar-refractivity contribution in [2.75, 3.05) is 37.8 Å². The van der Waals surface area contributed by atoms with Gasteiger partial charge < -0.3 is 28.8 Å². The SMILES string of the molecule is O=C(O)Oc1c(CCCOc2cccc3ccccc23)c2cccc(-c3ccccc3N3CCOCC3)c2n1Cc1c(Cl)cccc1Cl. The number of halogens is 2. The third kappa shape index (κ3) is 6.41. The molecule has 2 heterocycles. The van der Waals surface area contributed by atoms with Gasteiger partial charge in [0.2, 0.25) is 5.88 Å². The van der Waals surface area contributed by atoms with Gasteiger partial charge in [-0.3, -0.25) is 0 Å². The molecule has 5 aromatic carbocycles. The van der Waals surface area contributed by atoms with Gasteiger partial charge in [0.05, 0.1) is 31.9 Å². The van der Waals surface area contributed by atoms with Crippen LogP contribution in [0.2, 0.25) is 10.0 Å². The fourth-order valence-electron chi connectivity index (χ4n) is 6.64. The molecule has 1 fully saturated rings. The van der Waals surface area contributed by atoms with E-state index in [4.69, 9.17) is 37.4 Å². The van der Waals surface area contributed by atoms with Crippen molar-refractivity contribution in [2.45, 2.75) is 19.4 Å². The van der Waals surface area contributed by atoms with E-state index < -0.39 is 6.16 Å². The van der Waals surface area contributed by atoms with Crippen LogP contribution in [0.4, 0.5) is 10.5 Å². The lowest BCUT2D eigenvalue weighted by Crippen LogP contribution is -2.36. The molecule has 9 heteroatoms. The molecule has 0 saturated carbocycles. The molecule has 244 valence electrons. The fraction of sp³-hybridized carbons (Fsp3) is 0.205. The highest BCUT2D eigenvalue weighted by atomic mass is 35.5. The lowest BCUT2D eigenvalue weighted by molar-refractivity contribution is 0.123. The van der Waals surface area contributed by atoms with Crippen LogP contribution in [0.5, 0.6) is 11.6 Å². The van der Waals surface area contributed by atoms with E-state index in [1.165, 1.54) is 0 Å². The van der Waals surface area contributed by atoms with Crippen LogP contribution in [-0.4, -0.2) is 48.7 Å². The molecule has 0 spiro atoms. The predicted octanol–water partition coefficient (Wildman–Crippen LogP) is 9.72. The van der Waals surface area contributed by atoms with Crippen molar-refractivity contribution in [3.05, 3.63) is 124 Å². The summed E-state index contributed by atoms with van der Waals surface area (Å²) in [6.07, 6.45) is -0.255. The normalized spacial score (nSPS) is 13.2. The average Bonchev–Trinajstić information content (AvgIpc) is 3.39. The first-order chi connectivity index (χ1) is 23.5. The molecular weight excluding hydrogens is 647 g/mol. The summed E-state index contributed by atoms with van der Waals surface area (Å²) in [5.41, 5.74) is 5.36. The molecule has 6 aromatic rings. The van der Waals surface area contributed by atoms with Crippen molar-refractivity contribution in [1.29, 1.82) is 0 Å². The Hall–Kier alpha value is -4.69. The first-order valence-corrected chi connectivity index (χ1v) is 16.8. The summed E-state index contributed by atoms with van der Waals surface area (Å²) in [5, 5.41) is 14.0. The number of hydrogen-bond donors (Lipinski definition) is 1. The molecule has 7 rings (SSSR count). The van der Waals surface area contributed by atoms with Crippen molar-refractivity contribution in [1.82, 2.24) is 4.57 Å². The van der Waals surface area contributed by atoms with Crippen LogP contribution in [0.1, 0.15) is 17.5 Å². The Morgan fingerprint density at radius 2 is 1.44 bits per heavy atom. The molecule has 1 aromatic heterocycles. The van der Waals surface area contributed by atoms with Gasteiger partial charge in [-0.15, -0.1) is 0 Å². The fourth-order valence-corrected chi connectivity index (χ4v) is 7.16. The molecule has 1 N–H and O–H groups in total. The highest BCUT2D eigenvalue weighted by Crippen LogP contribution is 2.43. The van der Waals surface area contributed by atoms with Gasteiger partial charge >= 0.3 is 6.16 Å². The number of ether oxygens (including phenoxy) is 3. The van der Waals surface area contributed by atoms with Crippen LogP contribution in [0.3, 0.4) is 0 Å². The molecule has 7 nitrogen and oxygen atoms in total. The molecule has 0 bridgehead atoms. The van der Waals surface area contributed by atoms with Crippen LogP contribution >= 0.6 is 23.2 Å². The number of para-hydroxylation sites is 2. The number of carbonyl (C=O) groups is 1. The minimum atomic E-state index is -1.40. The third-order valence-electron chi connectivity index (χ3n) is 8.82. The largest absolute Gasteiger partial charge is 0.512 e. The van der Waals surface area contributed by atoms with Crippen molar-refractivity contribution in [2.24, 2.45) is 0 Å². The number of morpholine rings is 1. The molecule has 1 aliphatic rings. The van der Waals surface area contributed by atoms with Crippen LogP contribution in [0, 0.1) is 0 Å². The number of carboxylic acid groups (broad SMARTS) is 1. The van der Waals surface area contributed by atoms with Gasteiger partial charge in [-0.2, -0.15) is 0 Å². The maximum Gasteiger partial charge on any atom is 0.512 e. The highest BCUT2D eigenvalue weighted by molar-refractivity contribution is 6.36. The first-order valence-electron chi connectivity index (χ1n) is 16.0. The molecule has 0 amide bonds. The Morgan fingerprint density at radius 3 is 2.25 bits per heavy atom. The van der Waals surface area contributed by atoms with E-state index in [1.54, 1.807) is 18.2 Å². The minimum Gasteiger partial charge on any atom is -0.493 e. The monoisotopic (exact) mass is 680 g/mol. The summed E-state index contributed by atoms with van der Waals surface area (Å²) in [6.45, 7) is 3.50. The zero-order valence-corrected chi connectivity index (χ0v) is 27.7. The quantitative estimate of drug-likeness (QED) is 0.115. The summed E-state index contributed by atoms with van der Waals surface area (Å²) >= 11 is 13.4. The van der Waals surface area contributed by atoms with Gasteiger partial charge in [0.15, 0.2) is 0 Å². The Kier molecular flexibility index (Phi) is 9.43. The Morgan fingerprint density at radius 1 is 0.771 bits per heavy atom. The zero-order chi connectivity index (χ0) is 33.0. The average molecular weight is 682 g/mol. The third-order valence-corrected chi connectivity index (χ3v) is 9.53. The molecule has 0 aliphatic carbocycles. The first kappa shape index (κ1) is 31.9. The Balaban J connectivity index is 1.34. The van der Waals surface area contributed by atoms with Gasteiger partial charge in [-0.05, 0) is 42.5 Å². The lowest BCUT2D eigenvalue weighted by Gasteiger charge is -2.31. The second kappa shape index (κ2) is 14.2.